The summed E-state index contributed by atoms with van der Waals surface area (Å²) in [5.74, 6) is 0. The third kappa shape index (κ3) is 3.65. The Morgan fingerprint density at radius 2 is 1.94 bits per heavy atom. The summed E-state index contributed by atoms with van der Waals surface area (Å²) in [6, 6.07) is 1.93. The molecule has 0 saturated heterocycles. The van der Waals surface area contributed by atoms with E-state index in [1.807, 2.05) is 6.07 Å². The fourth-order valence-electron chi connectivity index (χ4n) is 2.27. The minimum atomic E-state index is -0.578. The molecule has 0 fully saturated rings. The van der Waals surface area contributed by atoms with E-state index in [4.69, 9.17) is 0 Å². The molecule has 98 valence electrons. The van der Waals surface area contributed by atoms with E-state index >= 15 is 0 Å². The van der Waals surface area contributed by atoms with E-state index in [0.717, 1.165) is 33.8 Å². The maximum Gasteiger partial charge on any atom is 0.118 e. The highest BCUT2D eigenvalue weighted by Crippen LogP contribution is 2.32. The molecule has 1 heterocycles. The first kappa shape index (κ1) is 14.2. The number of aromatic nitrogens is 1. The number of halogens is 2. The summed E-state index contributed by atoms with van der Waals surface area (Å²) in [6.07, 6.45) is 10.4. The van der Waals surface area contributed by atoms with Crippen molar-refractivity contribution in [3.8, 4) is 0 Å². The van der Waals surface area contributed by atoms with Crippen LogP contribution >= 0.6 is 31.9 Å². The molecule has 1 aliphatic rings. The molecule has 18 heavy (non-hydrogen) atoms. The molecule has 1 unspecified atom stereocenters. The van der Waals surface area contributed by atoms with Crippen LogP contribution in [0.3, 0.4) is 0 Å². The van der Waals surface area contributed by atoms with E-state index in [1.54, 1.807) is 6.20 Å². The van der Waals surface area contributed by atoms with Gasteiger partial charge in [-0.3, -0.25) is 4.98 Å². The number of pyridine rings is 1. The molecule has 2 rings (SSSR count). The summed E-state index contributed by atoms with van der Waals surface area (Å²) in [4.78, 5) is 4.32. The number of aliphatic hydroxyl groups is 1. The average Bonchev–Trinajstić information content (AvgIpc) is 2.27. The Morgan fingerprint density at radius 1 is 1.17 bits per heavy atom. The highest BCUT2D eigenvalue weighted by atomic mass is 79.9. The van der Waals surface area contributed by atoms with Crippen molar-refractivity contribution in [1.82, 2.24) is 4.98 Å². The maximum absolute atomic E-state index is 10.5. The summed E-state index contributed by atoms with van der Waals surface area (Å²) < 4.78 is 1.77. The fourth-order valence-corrected chi connectivity index (χ4v) is 3.47. The molecule has 1 N–H and O–H groups in total. The normalized spacial score (nSPS) is 18.7. The van der Waals surface area contributed by atoms with Gasteiger partial charge in [0.25, 0.3) is 0 Å². The first-order chi connectivity index (χ1) is 8.68. The van der Waals surface area contributed by atoms with Gasteiger partial charge in [0.2, 0.25) is 0 Å². The van der Waals surface area contributed by atoms with Crippen molar-refractivity contribution in [3.05, 3.63) is 38.6 Å². The summed E-state index contributed by atoms with van der Waals surface area (Å²) >= 11 is 6.85. The van der Waals surface area contributed by atoms with E-state index in [0.29, 0.717) is 5.69 Å². The van der Waals surface area contributed by atoms with Gasteiger partial charge in [-0.25, -0.2) is 0 Å². The smallest absolute Gasteiger partial charge is 0.118 e. The van der Waals surface area contributed by atoms with Crippen LogP contribution in [0, 0.1) is 0 Å². The van der Waals surface area contributed by atoms with Crippen LogP contribution in [-0.2, 0) is 0 Å². The number of aliphatic hydroxyl groups excluding tert-OH is 1. The highest BCUT2D eigenvalue weighted by Gasteiger charge is 2.18. The van der Waals surface area contributed by atoms with Gasteiger partial charge in [-0.15, -0.1) is 0 Å². The third-order valence-corrected chi connectivity index (χ3v) is 4.34. The van der Waals surface area contributed by atoms with Gasteiger partial charge in [-0.2, -0.15) is 0 Å². The molecule has 0 aliphatic heterocycles. The molecule has 0 saturated carbocycles. The zero-order valence-electron chi connectivity index (χ0n) is 10.2. The first-order valence-electron chi connectivity index (χ1n) is 6.36. The lowest BCUT2D eigenvalue weighted by molar-refractivity contribution is 0.203. The van der Waals surface area contributed by atoms with Crippen molar-refractivity contribution in [2.24, 2.45) is 0 Å². The predicted octanol–water partition coefficient (Wildman–Crippen LogP) is 4.92. The predicted molar refractivity (Wildman–Crippen MR) is 80.4 cm³/mol. The molecule has 1 aromatic heterocycles. The number of rotatable bonds is 2. The third-order valence-electron chi connectivity index (χ3n) is 3.27. The van der Waals surface area contributed by atoms with E-state index in [-0.39, 0.29) is 0 Å². The van der Waals surface area contributed by atoms with Crippen LogP contribution in [0.2, 0.25) is 0 Å². The molecule has 2 nitrogen and oxygen atoms in total. The number of allylic oxidation sites excluding steroid dienone is 1. The van der Waals surface area contributed by atoms with Crippen molar-refractivity contribution in [3.63, 3.8) is 0 Å². The first-order valence-corrected chi connectivity index (χ1v) is 7.95. The van der Waals surface area contributed by atoms with Gasteiger partial charge in [-0.1, -0.05) is 18.9 Å². The van der Waals surface area contributed by atoms with Crippen LogP contribution in [0.15, 0.2) is 32.9 Å². The Morgan fingerprint density at radius 3 is 2.72 bits per heavy atom. The zero-order valence-corrected chi connectivity index (χ0v) is 13.4. The van der Waals surface area contributed by atoms with Crippen LogP contribution in [-0.4, -0.2) is 10.1 Å². The molecule has 4 heteroatoms. The largest absolute Gasteiger partial charge is 0.382 e. The second-order valence-corrected chi connectivity index (χ2v) is 6.43. The molecule has 1 atom stereocenters. The number of hydrogen-bond acceptors (Lipinski definition) is 2. The van der Waals surface area contributed by atoms with Gasteiger partial charge in [0.1, 0.15) is 6.10 Å². The minimum Gasteiger partial charge on any atom is -0.382 e. The SMILES string of the molecule is OC(C1=CCCCCCC1)c1ncc(Br)cc1Br. The van der Waals surface area contributed by atoms with Crippen LogP contribution in [0.4, 0.5) is 0 Å². The second kappa shape index (κ2) is 6.83. The molecule has 0 radical (unpaired) electrons. The lowest BCUT2D eigenvalue weighted by Gasteiger charge is -2.18. The van der Waals surface area contributed by atoms with Crippen LogP contribution in [0.25, 0.3) is 0 Å². The monoisotopic (exact) mass is 373 g/mol. The van der Waals surface area contributed by atoms with Crippen LogP contribution in [0.1, 0.15) is 50.3 Å². The number of hydrogen-bond donors (Lipinski definition) is 1. The van der Waals surface area contributed by atoms with E-state index in [2.05, 4.69) is 42.9 Å². The Balaban J connectivity index is 2.20. The van der Waals surface area contributed by atoms with Gasteiger partial charge in [0, 0.05) is 15.1 Å². The lowest BCUT2D eigenvalue weighted by Crippen LogP contribution is -2.06. The summed E-state index contributed by atoms with van der Waals surface area (Å²) in [5, 5.41) is 10.5. The Labute approximate surface area is 125 Å². The van der Waals surface area contributed by atoms with E-state index < -0.39 is 6.10 Å². The van der Waals surface area contributed by atoms with Gasteiger partial charge < -0.3 is 5.11 Å². The molecule has 1 aromatic rings. The van der Waals surface area contributed by atoms with Crippen molar-refractivity contribution in [1.29, 1.82) is 0 Å². The van der Waals surface area contributed by atoms with Gasteiger partial charge in [0.05, 0.1) is 5.69 Å². The molecular formula is C14H17Br2NO. The standard InChI is InChI=1S/C14H17Br2NO/c15-11-8-12(16)13(17-9-11)14(18)10-6-4-2-1-3-5-7-10/h6,8-9,14,18H,1-5,7H2. The van der Waals surface area contributed by atoms with Crippen LogP contribution < -0.4 is 0 Å². The lowest BCUT2D eigenvalue weighted by atomic mass is 9.95. The number of nitrogens with zero attached hydrogens (tertiary/aromatic N) is 1. The zero-order chi connectivity index (χ0) is 13.0. The quantitative estimate of drug-likeness (QED) is 0.745. The molecule has 0 amide bonds. The summed E-state index contributed by atoms with van der Waals surface area (Å²) in [6.45, 7) is 0. The van der Waals surface area contributed by atoms with E-state index in [9.17, 15) is 5.11 Å². The average molecular weight is 375 g/mol. The summed E-state index contributed by atoms with van der Waals surface area (Å²) in [5.41, 5.74) is 1.83. The Kier molecular flexibility index (Phi) is 5.39. The van der Waals surface area contributed by atoms with E-state index in [1.165, 1.54) is 19.3 Å². The van der Waals surface area contributed by atoms with Crippen LogP contribution in [0.5, 0.6) is 0 Å². The fraction of sp³-hybridized carbons (Fsp3) is 0.500. The van der Waals surface area contributed by atoms with Crippen molar-refractivity contribution in [2.75, 3.05) is 0 Å². The molecular weight excluding hydrogens is 358 g/mol. The molecule has 0 spiro atoms. The topological polar surface area (TPSA) is 33.1 Å². The maximum atomic E-state index is 10.5. The van der Waals surface area contributed by atoms with Crippen molar-refractivity contribution >= 4 is 31.9 Å². The van der Waals surface area contributed by atoms with Crippen molar-refractivity contribution in [2.45, 2.75) is 44.6 Å². The van der Waals surface area contributed by atoms with Crippen molar-refractivity contribution < 1.29 is 5.11 Å². The Hall–Kier alpha value is -0.190. The molecule has 1 aliphatic carbocycles. The van der Waals surface area contributed by atoms with Gasteiger partial charge >= 0.3 is 0 Å². The molecule has 0 aromatic carbocycles. The Bertz CT molecular complexity index is 445. The van der Waals surface area contributed by atoms with Gasteiger partial charge in [-0.05, 0) is 69.2 Å². The minimum absolute atomic E-state index is 0.578. The second-order valence-electron chi connectivity index (χ2n) is 4.66. The van der Waals surface area contributed by atoms with Gasteiger partial charge in [0.15, 0.2) is 0 Å². The summed E-state index contributed by atoms with van der Waals surface area (Å²) in [7, 11) is 0. The molecule has 0 bridgehead atoms. The highest BCUT2D eigenvalue weighted by molar-refractivity contribution is 9.11.